The second kappa shape index (κ2) is 7.24. The molecule has 0 amide bonds. The number of nitrogen functional groups attached to an aromatic ring is 1. The summed E-state index contributed by atoms with van der Waals surface area (Å²) in [5.41, 5.74) is 10.3. The van der Waals surface area contributed by atoms with Gasteiger partial charge in [0.25, 0.3) is 0 Å². The summed E-state index contributed by atoms with van der Waals surface area (Å²) in [7, 11) is 0. The Balaban J connectivity index is 1.60. The van der Waals surface area contributed by atoms with E-state index in [2.05, 4.69) is 39.2 Å². The van der Waals surface area contributed by atoms with Gasteiger partial charge in [0.1, 0.15) is 5.75 Å². The van der Waals surface area contributed by atoms with E-state index in [1.807, 2.05) is 25.1 Å². The fourth-order valence-corrected chi connectivity index (χ4v) is 4.13. The molecule has 4 aromatic rings. The molecule has 2 N–H and O–H groups in total. The lowest BCUT2D eigenvalue weighted by Crippen LogP contribution is -2.24. The normalized spacial score (nSPS) is 14.2. The molecule has 0 radical (unpaired) electrons. The minimum absolute atomic E-state index is 0.330. The van der Waals surface area contributed by atoms with E-state index in [0.717, 1.165) is 41.9 Å². The highest BCUT2D eigenvalue weighted by atomic mass is 16.5. The number of para-hydroxylation sites is 1. The maximum atomic E-state index is 6.19. The van der Waals surface area contributed by atoms with E-state index in [0.29, 0.717) is 24.7 Å². The van der Waals surface area contributed by atoms with Gasteiger partial charge in [0.05, 0.1) is 24.1 Å². The molecule has 29 heavy (non-hydrogen) atoms. The zero-order chi connectivity index (χ0) is 19.8. The minimum atomic E-state index is 0.330. The average molecular weight is 388 g/mol. The second-order valence-corrected chi connectivity index (χ2v) is 7.32. The summed E-state index contributed by atoms with van der Waals surface area (Å²) >= 11 is 0. The van der Waals surface area contributed by atoms with Crippen molar-refractivity contribution in [1.82, 2.24) is 19.6 Å². The number of fused-ring (bicyclic) bond motifs is 4. The third-order valence-corrected chi connectivity index (χ3v) is 5.42. The maximum absolute atomic E-state index is 6.19. The molecule has 0 unspecified atom stereocenters. The standard InChI is InChI=1S/C22H24N6O/c1-2-29-18-12-7-10-16-20(18)21-25-19(26-28(21)22(23)24-16)14-27-13-6-5-9-15-8-3-4-11-17(15)27/h3-4,7-8,10-12H,2,5-6,9,13-14H2,1H3,(H2,23,24). The highest BCUT2D eigenvalue weighted by molar-refractivity contribution is 5.97. The molecule has 2 aromatic carbocycles. The summed E-state index contributed by atoms with van der Waals surface area (Å²) in [5, 5.41) is 5.53. The summed E-state index contributed by atoms with van der Waals surface area (Å²) < 4.78 is 7.45. The zero-order valence-electron chi connectivity index (χ0n) is 16.5. The van der Waals surface area contributed by atoms with Crippen LogP contribution in [0.1, 0.15) is 31.2 Å². The van der Waals surface area contributed by atoms with Gasteiger partial charge >= 0.3 is 0 Å². The first-order valence-corrected chi connectivity index (χ1v) is 10.1. The number of nitrogens with zero attached hydrogens (tertiary/aromatic N) is 5. The van der Waals surface area contributed by atoms with E-state index in [1.165, 1.54) is 17.7 Å². The van der Waals surface area contributed by atoms with Crippen LogP contribution in [0.25, 0.3) is 16.6 Å². The van der Waals surface area contributed by atoms with Gasteiger partial charge in [-0.05, 0) is 49.9 Å². The van der Waals surface area contributed by atoms with Crippen molar-refractivity contribution in [2.45, 2.75) is 32.7 Å². The van der Waals surface area contributed by atoms with Crippen LogP contribution in [0, 0.1) is 0 Å². The molecule has 2 aromatic heterocycles. The number of aryl methyl sites for hydroxylation is 1. The van der Waals surface area contributed by atoms with E-state index in [4.69, 9.17) is 15.5 Å². The molecule has 0 spiro atoms. The van der Waals surface area contributed by atoms with Gasteiger partial charge in [0, 0.05) is 12.2 Å². The topological polar surface area (TPSA) is 81.6 Å². The summed E-state index contributed by atoms with van der Waals surface area (Å²) in [6.45, 7) is 4.16. The lowest BCUT2D eigenvalue weighted by Gasteiger charge is -2.23. The van der Waals surface area contributed by atoms with Crippen LogP contribution in [0.2, 0.25) is 0 Å². The number of hydrogen-bond acceptors (Lipinski definition) is 6. The molecule has 0 aliphatic carbocycles. The molecule has 148 valence electrons. The monoisotopic (exact) mass is 388 g/mol. The average Bonchev–Trinajstić information content (AvgIpc) is 3.05. The van der Waals surface area contributed by atoms with Crippen LogP contribution in [-0.4, -0.2) is 32.7 Å². The Kier molecular flexibility index (Phi) is 4.42. The lowest BCUT2D eigenvalue weighted by atomic mass is 10.1. The molecule has 0 saturated heterocycles. The summed E-state index contributed by atoms with van der Waals surface area (Å²) in [5.74, 6) is 1.81. The van der Waals surface area contributed by atoms with Crippen molar-refractivity contribution in [2.75, 3.05) is 23.8 Å². The van der Waals surface area contributed by atoms with Gasteiger partial charge in [-0.3, -0.25) is 0 Å². The van der Waals surface area contributed by atoms with Gasteiger partial charge in [-0.15, -0.1) is 5.10 Å². The molecule has 7 heteroatoms. The summed E-state index contributed by atoms with van der Waals surface area (Å²) in [6, 6.07) is 14.4. The van der Waals surface area contributed by atoms with Crippen LogP contribution in [-0.2, 0) is 13.0 Å². The van der Waals surface area contributed by atoms with Gasteiger partial charge in [-0.2, -0.15) is 4.52 Å². The summed E-state index contributed by atoms with van der Waals surface area (Å²) in [4.78, 5) is 11.7. The van der Waals surface area contributed by atoms with Gasteiger partial charge in [0.2, 0.25) is 5.95 Å². The van der Waals surface area contributed by atoms with E-state index in [-0.39, 0.29) is 0 Å². The van der Waals surface area contributed by atoms with Crippen LogP contribution in [0.4, 0.5) is 11.6 Å². The fourth-order valence-electron chi connectivity index (χ4n) is 4.13. The Morgan fingerprint density at radius 3 is 2.86 bits per heavy atom. The Bertz CT molecular complexity index is 1180. The van der Waals surface area contributed by atoms with E-state index < -0.39 is 0 Å². The Morgan fingerprint density at radius 1 is 1.07 bits per heavy atom. The van der Waals surface area contributed by atoms with Gasteiger partial charge < -0.3 is 15.4 Å². The van der Waals surface area contributed by atoms with E-state index in [9.17, 15) is 0 Å². The van der Waals surface area contributed by atoms with Crippen molar-refractivity contribution in [3.63, 3.8) is 0 Å². The van der Waals surface area contributed by atoms with Crippen molar-refractivity contribution in [1.29, 1.82) is 0 Å². The maximum Gasteiger partial charge on any atom is 0.223 e. The van der Waals surface area contributed by atoms with Crippen LogP contribution in [0.15, 0.2) is 42.5 Å². The highest BCUT2D eigenvalue weighted by Crippen LogP contribution is 2.30. The number of aromatic nitrogens is 4. The number of rotatable bonds is 4. The molecule has 1 aliphatic rings. The quantitative estimate of drug-likeness (QED) is 0.575. The molecular weight excluding hydrogens is 364 g/mol. The zero-order valence-corrected chi connectivity index (χ0v) is 16.5. The van der Waals surface area contributed by atoms with E-state index >= 15 is 0 Å². The fraction of sp³-hybridized carbons (Fsp3) is 0.318. The molecule has 0 atom stereocenters. The van der Waals surface area contributed by atoms with Crippen molar-refractivity contribution in [3.05, 3.63) is 53.9 Å². The van der Waals surface area contributed by atoms with Crippen LogP contribution in [0.5, 0.6) is 5.75 Å². The minimum Gasteiger partial charge on any atom is -0.493 e. The van der Waals surface area contributed by atoms with Crippen molar-refractivity contribution in [3.8, 4) is 5.75 Å². The Hall–Kier alpha value is -3.35. The number of ether oxygens (including phenoxy) is 1. The van der Waals surface area contributed by atoms with Gasteiger partial charge in [-0.1, -0.05) is 24.3 Å². The molecule has 0 fully saturated rings. The largest absolute Gasteiger partial charge is 0.493 e. The molecule has 1 aliphatic heterocycles. The van der Waals surface area contributed by atoms with Crippen LogP contribution >= 0.6 is 0 Å². The molecule has 3 heterocycles. The molecule has 0 saturated carbocycles. The van der Waals surface area contributed by atoms with Crippen molar-refractivity contribution in [2.24, 2.45) is 0 Å². The second-order valence-electron chi connectivity index (χ2n) is 7.32. The third kappa shape index (κ3) is 3.12. The Labute approximate surface area is 169 Å². The first-order valence-electron chi connectivity index (χ1n) is 10.1. The van der Waals surface area contributed by atoms with Crippen molar-refractivity contribution < 1.29 is 4.74 Å². The SMILES string of the molecule is CCOc1cccc2nc(N)n3nc(CN4CCCCc5ccccc54)nc3c12. The van der Waals surface area contributed by atoms with Gasteiger partial charge in [-0.25, -0.2) is 9.97 Å². The highest BCUT2D eigenvalue weighted by Gasteiger charge is 2.19. The smallest absolute Gasteiger partial charge is 0.223 e. The Morgan fingerprint density at radius 2 is 1.97 bits per heavy atom. The predicted molar refractivity (Wildman–Crippen MR) is 114 cm³/mol. The van der Waals surface area contributed by atoms with Crippen molar-refractivity contribution >= 4 is 28.2 Å². The van der Waals surface area contributed by atoms with Crippen LogP contribution < -0.4 is 15.4 Å². The third-order valence-electron chi connectivity index (χ3n) is 5.42. The van der Waals surface area contributed by atoms with E-state index in [1.54, 1.807) is 4.52 Å². The summed E-state index contributed by atoms with van der Waals surface area (Å²) in [6.07, 6.45) is 3.47. The molecular formula is C22H24N6O. The number of benzene rings is 2. The number of nitrogens with two attached hydrogens (primary N) is 1. The first-order chi connectivity index (χ1) is 14.2. The molecule has 0 bridgehead atoms. The molecule has 7 nitrogen and oxygen atoms in total. The number of anilines is 2. The van der Waals surface area contributed by atoms with Gasteiger partial charge in [0.15, 0.2) is 11.5 Å². The first kappa shape index (κ1) is 17.7. The molecule has 5 rings (SSSR count). The predicted octanol–water partition coefficient (Wildman–Crippen LogP) is 3.60. The lowest BCUT2D eigenvalue weighted by molar-refractivity contribution is 0.344. The van der Waals surface area contributed by atoms with Crippen LogP contribution in [0.3, 0.4) is 0 Å². The number of hydrogen-bond donors (Lipinski definition) is 1.